The smallest absolute Gasteiger partial charge is 0.296 e. The van der Waals surface area contributed by atoms with E-state index in [1.165, 1.54) is 0 Å². The van der Waals surface area contributed by atoms with E-state index in [1.54, 1.807) is 0 Å². The minimum absolute atomic E-state index is 0.218. The Labute approximate surface area is 204 Å². The van der Waals surface area contributed by atoms with Crippen molar-refractivity contribution in [3.8, 4) is 11.1 Å². The fraction of sp³-hybridized carbons (Fsp3) is 0.259. The molecule has 0 radical (unpaired) electrons. The molecule has 0 spiro atoms. The van der Waals surface area contributed by atoms with Crippen LogP contribution in [0, 0.1) is 6.92 Å². The molecular weight excluding hydrogens is 438 g/mol. The number of anilines is 1. The van der Waals surface area contributed by atoms with E-state index < -0.39 is 0 Å². The number of benzene rings is 2. The number of nitrogen functional groups attached to an aromatic ring is 1. The topological polar surface area (TPSA) is 126 Å². The molecular formula is C27H32N7O+. The van der Waals surface area contributed by atoms with Gasteiger partial charge in [0.2, 0.25) is 0 Å². The molecule has 2 aromatic carbocycles. The fourth-order valence-corrected chi connectivity index (χ4v) is 4.31. The summed E-state index contributed by atoms with van der Waals surface area (Å²) in [4.78, 5) is 22.1. The number of aryl methyl sites for hydroxylation is 2. The number of aromatic nitrogens is 3. The molecule has 4 aromatic rings. The molecule has 0 saturated carbocycles. The van der Waals surface area contributed by atoms with Crippen LogP contribution in [-0.4, -0.2) is 27.4 Å². The summed E-state index contributed by atoms with van der Waals surface area (Å²) in [5.74, 6) is 7.44. The highest BCUT2D eigenvalue weighted by atomic mass is 16.1. The number of amidine groups is 1. The molecule has 180 valence electrons. The Kier molecular flexibility index (Phi) is 7.10. The van der Waals surface area contributed by atoms with E-state index in [-0.39, 0.29) is 5.56 Å². The summed E-state index contributed by atoms with van der Waals surface area (Å²) in [7, 11) is 1.83. The highest BCUT2D eigenvalue weighted by Crippen LogP contribution is 2.25. The first-order chi connectivity index (χ1) is 17.0. The molecule has 0 saturated heterocycles. The molecule has 8 nitrogen and oxygen atoms in total. The third-order valence-electron chi connectivity index (χ3n) is 6.20. The van der Waals surface area contributed by atoms with Gasteiger partial charge in [0.25, 0.3) is 11.4 Å². The van der Waals surface area contributed by atoms with Gasteiger partial charge >= 0.3 is 0 Å². The Morgan fingerprint density at radius 2 is 1.86 bits per heavy atom. The van der Waals surface area contributed by atoms with E-state index in [0.717, 1.165) is 58.7 Å². The summed E-state index contributed by atoms with van der Waals surface area (Å²) < 4.78 is 2.08. The lowest BCUT2D eigenvalue weighted by molar-refractivity contribution is -0.469. The molecule has 35 heavy (non-hydrogen) atoms. The molecule has 4 rings (SSSR count). The molecule has 0 unspecified atom stereocenters. The van der Waals surface area contributed by atoms with Crippen LogP contribution in [0.15, 0.2) is 59.4 Å². The van der Waals surface area contributed by atoms with Gasteiger partial charge in [0.05, 0.1) is 17.5 Å². The summed E-state index contributed by atoms with van der Waals surface area (Å²) in [5.41, 5.74) is 11.3. The van der Waals surface area contributed by atoms with Crippen molar-refractivity contribution < 1.29 is 5.10 Å². The van der Waals surface area contributed by atoms with E-state index in [1.807, 2.05) is 44.3 Å². The first kappa shape index (κ1) is 23.9. The van der Waals surface area contributed by atoms with Crippen LogP contribution in [-0.2, 0) is 13.0 Å². The van der Waals surface area contributed by atoms with Crippen molar-refractivity contribution in [3.63, 3.8) is 0 Å². The molecule has 2 aromatic heterocycles. The van der Waals surface area contributed by atoms with E-state index in [9.17, 15) is 4.79 Å². The number of nitrogens with zero attached hydrogens (tertiary/aromatic N) is 3. The van der Waals surface area contributed by atoms with Crippen molar-refractivity contribution in [1.82, 2.24) is 14.5 Å². The lowest BCUT2D eigenvalue weighted by atomic mass is 9.98. The SMILES string of the molecule is CCCCc1nc(=O)c2c(C)cc(NC)nc2n1Cc1ccc(-c2ccccc2/C(N)=[NH+]/N)cc1. The maximum absolute atomic E-state index is 12.9. The number of rotatable bonds is 8. The molecule has 0 aliphatic rings. The van der Waals surface area contributed by atoms with Gasteiger partial charge in [-0.25, -0.2) is 4.98 Å². The van der Waals surface area contributed by atoms with Gasteiger partial charge in [0, 0.05) is 13.5 Å². The number of nitrogens with two attached hydrogens (primary N) is 2. The zero-order chi connectivity index (χ0) is 24.9. The van der Waals surface area contributed by atoms with E-state index in [0.29, 0.717) is 23.4 Å². The quantitative estimate of drug-likeness (QED) is 0.135. The van der Waals surface area contributed by atoms with Crippen molar-refractivity contribution in [2.75, 3.05) is 12.4 Å². The number of hydrogen-bond donors (Lipinski definition) is 4. The van der Waals surface area contributed by atoms with E-state index >= 15 is 0 Å². The van der Waals surface area contributed by atoms with Crippen LogP contribution in [0.4, 0.5) is 5.82 Å². The number of fused-ring (bicyclic) bond motifs is 1. The second-order valence-electron chi connectivity index (χ2n) is 8.60. The maximum atomic E-state index is 12.9. The third kappa shape index (κ3) is 4.87. The van der Waals surface area contributed by atoms with Crippen LogP contribution in [0.1, 0.15) is 42.3 Å². The van der Waals surface area contributed by atoms with Crippen LogP contribution in [0.2, 0.25) is 0 Å². The standard InChI is InChI=1S/C27H31N7O/c1-4-5-10-23-32-27(35)24-17(2)15-22(30-3)31-26(24)34(23)16-18-11-13-19(14-12-18)20-8-6-7-9-21(20)25(28)33-29/h6-9,11-15H,4-5,10,16,29H2,1-3H3,(H2,28,33)(H,30,31)/p+1. The number of nitrogens with one attached hydrogen (secondary N) is 2. The summed E-state index contributed by atoms with van der Waals surface area (Å²) in [5, 5.41) is 6.21. The molecule has 0 atom stereocenters. The number of hydrogen-bond acceptors (Lipinski definition) is 5. The lowest BCUT2D eigenvalue weighted by Gasteiger charge is -2.17. The predicted octanol–water partition coefficient (Wildman–Crippen LogP) is 1.86. The number of hydrazine groups is 1. The molecule has 0 bridgehead atoms. The lowest BCUT2D eigenvalue weighted by Crippen LogP contribution is -2.82. The normalized spacial score (nSPS) is 11.7. The van der Waals surface area contributed by atoms with Crippen LogP contribution in [0.3, 0.4) is 0 Å². The Morgan fingerprint density at radius 1 is 1.11 bits per heavy atom. The van der Waals surface area contributed by atoms with Gasteiger partial charge < -0.3 is 9.88 Å². The van der Waals surface area contributed by atoms with Gasteiger partial charge in [-0.3, -0.25) is 16.4 Å². The maximum Gasteiger partial charge on any atom is 0.296 e. The minimum Gasteiger partial charge on any atom is -0.373 e. The van der Waals surface area contributed by atoms with E-state index in [2.05, 4.69) is 51.2 Å². The summed E-state index contributed by atoms with van der Waals surface area (Å²) >= 11 is 0. The van der Waals surface area contributed by atoms with Gasteiger partial charge in [-0.05, 0) is 47.7 Å². The van der Waals surface area contributed by atoms with Gasteiger partial charge in [-0.15, -0.1) is 0 Å². The molecule has 0 aliphatic heterocycles. The third-order valence-corrected chi connectivity index (χ3v) is 6.20. The summed E-state index contributed by atoms with van der Waals surface area (Å²) in [6, 6.07) is 18.0. The fourth-order valence-electron chi connectivity index (χ4n) is 4.31. The Hall–Kier alpha value is -4.20. The Bertz CT molecular complexity index is 1440. The zero-order valence-electron chi connectivity index (χ0n) is 20.4. The van der Waals surface area contributed by atoms with Crippen molar-refractivity contribution in [3.05, 3.63) is 87.5 Å². The van der Waals surface area contributed by atoms with E-state index in [4.69, 9.17) is 16.6 Å². The molecule has 6 N–H and O–H groups in total. The monoisotopic (exact) mass is 470 g/mol. The molecule has 0 aliphatic carbocycles. The Morgan fingerprint density at radius 3 is 2.54 bits per heavy atom. The highest BCUT2D eigenvalue weighted by Gasteiger charge is 2.16. The van der Waals surface area contributed by atoms with Crippen molar-refractivity contribution >= 4 is 22.7 Å². The van der Waals surface area contributed by atoms with Crippen molar-refractivity contribution in [2.45, 2.75) is 39.7 Å². The number of pyridine rings is 1. The van der Waals surface area contributed by atoms with Crippen LogP contribution in [0.25, 0.3) is 22.2 Å². The molecule has 8 heteroatoms. The second kappa shape index (κ2) is 10.4. The van der Waals surface area contributed by atoms with Gasteiger partial charge in [0.15, 0.2) is 0 Å². The summed E-state index contributed by atoms with van der Waals surface area (Å²) in [6.45, 7) is 4.62. The first-order valence-electron chi connectivity index (χ1n) is 11.8. The van der Waals surface area contributed by atoms with Gasteiger partial charge in [0.1, 0.15) is 17.3 Å². The average molecular weight is 471 g/mol. The van der Waals surface area contributed by atoms with Crippen molar-refractivity contribution in [1.29, 1.82) is 0 Å². The molecule has 0 amide bonds. The van der Waals surface area contributed by atoms with Crippen LogP contribution >= 0.6 is 0 Å². The Balaban J connectivity index is 1.79. The molecule has 2 heterocycles. The van der Waals surface area contributed by atoms with Crippen LogP contribution in [0.5, 0.6) is 0 Å². The van der Waals surface area contributed by atoms with Crippen molar-refractivity contribution in [2.24, 2.45) is 11.6 Å². The number of hydrazone groups is 1. The highest BCUT2D eigenvalue weighted by molar-refractivity contribution is 5.99. The second-order valence-corrected chi connectivity index (χ2v) is 8.60. The van der Waals surface area contributed by atoms with Gasteiger partial charge in [-0.2, -0.15) is 10.1 Å². The first-order valence-corrected chi connectivity index (χ1v) is 11.8. The van der Waals surface area contributed by atoms with Gasteiger partial charge in [-0.1, -0.05) is 55.8 Å². The molecule has 0 fully saturated rings. The van der Waals surface area contributed by atoms with Crippen LogP contribution < -0.4 is 27.6 Å². The predicted molar refractivity (Wildman–Crippen MR) is 141 cm³/mol. The number of unbranched alkanes of at least 4 members (excludes halogenated alkanes) is 1. The minimum atomic E-state index is -0.218. The summed E-state index contributed by atoms with van der Waals surface area (Å²) in [6.07, 6.45) is 2.69. The largest absolute Gasteiger partial charge is 0.373 e. The average Bonchev–Trinajstić information content (AvgIpc) is 2.88. The zero-order valence-corrected chi connectivity index (χ0v) is 20.4.